The zero-order valence-corrected chi connectivity index (χ0v) is 21.8. The Kier molecular flexibility index (Phi) is 14.8. The molecule has 0 rings (SSSR count). The van der Waals surface area contributed by atoms with Gasteiger partial charge < -0.3 is 17.7 Å². The molecule has 0 saturated heterocycles. The molecule has 2 unspecified atom stereocenters. The number of Topliss-reactive ketones (excluding diaryl/α,β-unsaturated/α-hetero) is 1. The Labute approximate surface area is 176 Å². The summed E-state index contributed by atoms with van der Waals surface area (Å²) in [6, 6.07) is 1.57. The number of ketones is 1. The van der Waals surface area contributed by atoms with Crippen LogP contribution in [0.3, 0.4) is 0 Å². The largest absolute Gasteiger partial charge is 0.394 e. The molecule has 0 spiro atoms. The summed E-state index contributed by atoms with van der Waals surface area (Å²) in [5.41, 5.74) is -0.337. The Balaban J connectivity index is 6.23. The van der Waals surface area contributed by atoms with Crippen LogP contribution in [-0.2, 0) is 22.5 Å². The quantitative estimate of drug-likeness (QED) is 0.249. The summed E-state index contributed by atoms with van der Waals surface area (Å²) in [4.78, 5) is 14.1. The average molecular weight is 435 g/mol. The van der Waals surface area contributed by atoms with Crippen molar-refractivity contribution in [3.05, 3.63) is 0 Å². The molecular formula is C21H46O5Si2. The third-order valence-electron chi connectivity index (χ3n) is 5.44. The van der Waals surface area contributed by atoms with E-state index in [1.54, 1.807) is 0 Å². The van der Waals surface area contributed by atoms with E-state index in [0.717, 1.165) is 37.8 Å². The highest BCUT2D eigenvalue weighted by molar-refractivity contribution is 6.77. The van der Waals surface area contributed by atoms with Crippen LogP contribution in [0.15, 0.2) is 0 Å². The topological polar surface area (TPSA) is 54.0 Å². The second-order valence-corrected chi connectivity index (χ2v) is 14.4. The highest BCUT2D eigenvalue weighted by Crippen LogP contribution is 2.43. The van der Waals surface area contributed by atoms with Gasteiger partial charge in [-0.3, -0.25) is 4.79 Å². The first kappa shape index (κ1) is 27.9. The van der Waals surface area contributed by atoms with E-state index in [9.17, 15) is 4.79 Å². The van der Waals surface area contributed by atoms with Gasteiger partial charge in [0.1, 0.15) is 5.78 Å². The minimum Gasteiger partial charge on any atom is -0.394 e. The molecule has 7 heteroatoms. The number of carbonyl (C=O) groups excluding carboxylic acids is 1. The van der Waals surface area contributed by atoms with Gasteiger partial charge in [0, 0.05) is 26.4 Å². The molecule has 5 nitrogen and oxygen atoms in total. The molecule has 0 aliphatic carbocycles. The molecule has 0 aromatic heterocycles. The van der Waals surface area contributed by atoms with Gasteiger partial charge in [-0.1, -0.05) is 40.5 Å². The van der Waals surface area contributed by atoms with Gasteiger partial charge in [-0.05, 0) is 52.6 Å². The number of hydrogen-bond acceptors (Lipinski definition) is 5. The van der Waals surface area contributed by atoms with E-state index in [4.69, 9.17) is 17.7 Å². The summed E-state index contributed by atoms with van der Waals surface area (Å²) < 4.78 is 25.1. The fourth-order valence-electron chi connectivity index (χ4n) is 4.34. The van der Waals surface area contributed by atoms with Crippen LogP contribution in [0.4, 0.5) is 0 Å². The maximum absolute atomic E-state index is 14.1. The minimum absolute atomic E-state index is 0.168. The van der Waals surface area contributed by atoms with Crippen molar-refractivity contribution in [3.8, 4) is 0 Å². The van der Waals surface area contributed by atoms with E-state index in [1.165, 1.54) is 0 Å². The SMILES string of the molecule is CCCC(C(=O)C(CCC)[Si](CC)(OCC)OCC)[Si](CC)(OCC)OCC. The van der Waals surface area contributed by atoms with Crippen LogP contribution < -0.4 is 0 Å². The van der Waals surface area contributed by atoms with E-state index in [0.29, 0.717) is 26.4 Å². The van der Waals surface area contributed by atoms with E-state index < -0.39 is 17.1 Å². The fraction of sp³-hybridized carbons (Fsp3) is 0.952. The molecule has 168 valence electrons. The van der Waals surface area contributed by atoms with Gasteiger partial charge in [-0.2, -0.15) is 0 Å². The summed E-state index contributed by atoms with van der Waals surface area (Å²) in [6.45, 7) is 18.8. The molecule has 0 N–H and O–H groups in total. The van der Waals surface area contributed by atoms with Crippen molar-refractivity contribution in [2.24, 2.45) is 0 Å². The Morgan fingerprint density at radius 2 is 0.893 bits per heavy atom. The maximum atomic E-state index is 14.1. The van der Waals surface area contributed by atoms with Crippen molar-refractivity contribution in [2.75, 3.05) is 26.4 Å². The molecule has 28 heavy (non-hydrogen) atoms. The lowest BCUT2D eigenvalue weighted by molar-refractivity contribution is -0.120. The molecule has 0 aliphatic heterocycles. The lowest BCUT2D eigenvalue weighted by atomic mass is 10.1. The molecule has 0 aliphatic rings. The van der Waals surface area contributed by atoms with Gasteiger partial charge in [0.2, 0.25) is 0 Å². The molecule has 0 saturated carbocycles. The second-order valence-electron chi connectivity index (χ2n) is 7.15. The molecule has 0 amide bonds. The first-order chi connectivity index (χ1) is 13.4. The van der Waals surface area contributed by atoms with Crippen LogP contribution in [-0.4, -0.2) is 49.3 Å². The smallest absolute Gasteiger partial charge is 0.348 e. The number of rotatable bonds is 18. The van der Waals surface area contributed by atoms with Crippen molar-refractivity contribution in [1.29, 1.82) is 0 Å². The Bertz CT molecular complexity index is 372. The normalized spacial score (nSPS) is 14.9. The highest BCUT2D eigenvalue weighted by Gasteiger charge is 2.55. The molecule has 0 aromatic rings. The first-order valence-electron chi connectivity index (χ1n) is 11.5. The Morgan fingerprint density at radius 3 is 1.07 bits per heavy atom. The predicted molar refractivity (Wildman–Crippen MR) is 121 cm³/mol. The van der Waals surface area contributed by atoms with Crippen molar-refractivity contribution < 1.29 is 22.5 Å². The Hall–Kier alpha value is -0.0562. The monoisotopic (exact) mass is 434 g/mol. The second kappa shape index (κ2) is 14.9. The third kappa shape index (κ3) is 7.02. The highest BCUT2D eigenvalue weighted by atomic mass is 28.4. The number of carbonyl (C=O) groups is 1. The van der Waals surface area contributed by atoms with Gasteiger partial charge >= 0.3 is 17.1 Å². The summed E-state index contributed by atoms with van der Waals surface area (Å²) in [6.07, 6.45) is 3.50. The van der Waals surface area contributed by atoms with Gasteiger partial charge in [0.25, 0.3) is 0 Å². The summed E-state index contributed by atoms with van der Waals surface area (Å²) in [5.74, 6) is 0.273. The molecule has 0 heterocycles. The zero-order chi connectivity index (χ0) is 21.6. The minimum atomic E-state index is -2.65. The molecular weight excluding hydrogens is 388 g/mol. The van der Waals surface area contributed by atoms with Crippen molar-refractivity contribution in [2.45, 2.75) is 104 Å². The standard InChI is InChI=1S/C21H46O5Si2/c1-9-17-19(27(15-7,23-11-3)24-12-4)21(22)20(18-10-2)28(16-8,25-13-5)26-14-6/h19-20H,9-18H2,1-8H3. The predicted octanol–water partition coefficient (Wildman–Crippen LogP) is 5.97. The molecule has 0 bridgehead atoms. The van der Waals surface area contributed by atoms with Crippen molar-refractivity contribution in [3.63, 3.8) is 0 Å². The van der Waals surface area contributed by atoms with Crippen molar-refractivity contribution in [1.82, 2.24) is 0 Å². The Morgan fingerprint density at radius 1 is 0.607 bits per heavy atom. The summed E-state index contributed by atoms with van der Waals surface area (Å²) in [5, 5.41) is 0. The van der Waals surface area contributed by atoms with Crippen LogP contribution >= 0.6 is 0 Å². The van der Waals surface area contributed by atoms with Gasteiger partial charge in [0.05, 0.1) is 11.1 Å². The average Bonchev–Trinajstić information content (AvgIpc) is 2.69. The third-order valence-corrected chi connectivity index (χ3v) is 13.8. The van der Waals surface area contributed by atoms with Crippen LogP contribution in [0.5, 0.6) is 0 Å². The van der Waals surface area contributed by atoms with E-state index >= 15 is 0 Å². The van der Waals surface area contributed by atoms with E-state index in [-0.39, 0.29) is 16.9 Å². The number of hydrogen-bond donors (Lipinski definition) is 0. The summed E-state index contributed by atoms with van der Waals surface area (Å²) >= 11 is 0. The van der Waals surface area contributed by atoms with Gasteiger partial charge in [-0.15, -0.1) is 0 Å². The van der Waals surface area contributed by atoms with Crippen molar-refractivity contribution >= 4 is 22.9 Å². The summed E-state index contributed by atoms with van der Waals surface area (Å²) in [7, 11) is -5.30. The van der Waals surface area contributed by atoms with E-state index in [2.05, 4.69) is 27.7 Å². The molecule has 0 radical (unpaired) electrons. The first-order valence-corrected chi connectivity index (χ1v) is 15.7. The van der Waals surface area contributed by atoms with Crippen LogP contribution in [0.1, 0.15) is 81.1 Å². The molecule has 2 atom stereocenters. The fourth-order valence-corrected chi connectivity index (χ4v) is 12.0. The van der Waals surface area contributed by atoms with Gasteiger partial charge in [-0.25, -0.2) is 0 Å². The van der Waals surface area contributed by atoms with Crippen LogP contribution in [0.25, 0.3) is 0 Å². The van der Waals surface area contributed by atoms with Crippen LogP contribution in [0.2, 0.25) is 23.2 Å². The van der Waals surface area contributed by atoms with Crippen LogP contribution in [0, 0.1) is 0 Å². The van der Waals surface area contributed by atoms with Gasteiger partial charge in [0.15, 0.2) is 0 Å². The lowest BCUT2D eigenvalue weighted by Gasteiger charge is -2.41. The zero-order valence-electron chi connectivity index (χ0n) is 19.8. The molecule has 0 fully saturated rings. The maximum Gasteiger partial charge on any atom is 0.348 e. The van der Waals surface area contributed by atoms with E-state index in [1.807, 2.05) is 27.7 Å². The molecule has 0 aromatic carbocycles. The lowest BCUT2D eigenvalue weighted by Crippen LogP contribution is -2.55.